The van der Waals surface area contributed by atoms with E-state index in [4.69, 9.17) is 0 Å². The summed E-state index contributed by atoms with van der Waals surface area (Å²) in [5.41, 5.74) is 2.45. The van der Waals surface area contributed by atoms with Gasteiger partial charge in [0.05, 0.1) is 0 Å². The quantitative estimate of drug-likeness (QED) is 0.494. The molecule has 1 rings (SSSR count). The van der Waals surface area contributed by atoms with Gasteiger partial charge in [0.25, 0.3) is 0 Å². The summed E-state index contributed by atoms with van der Waals surface area (Å²) in [5, 5.41) is 0. The summed E-state index contributed by atoms with van der Waals surface area (Å²) in [5.74, 6) is 0. The molecule has 0 heterocycles. The van der Waals surface area contributed by atoms with Gasteiger partial charge in [0.2, 0.25) is 0 Å². The Morgan fingerprint density at radius 3 is 2.00 bits per heavy atom. The maximum absolute atomic E-state index is 2.45. The van der Waals surface area contributed by atoms with Crippen LogP contribution in [0.3, 0.4) is 0 Å². The van der Waals surface area contributed by atoms with Crippen LogP contribution in [-0.4, -0.2) is 0 Å². The monoisotopic (exact) mass is 248 g/mol. The summed E-state index contributed by atoms with van der Waals surface area (Å²) in [6.07, 6.45) is 3.19. The molecule has 0 amide bonds. The second-order valence-electron chi connectivity index (χ2n) is 1.85. The first-order valence-electron chi connectivity index (χ1n) is 2.43. The normalized spacial score (nSPS) is 18.2. The van der Waals surface area contributed by atoms with Crippen molar-refractivity contribution in [2.45, 2.75) is 22.9 Å². The molecule has 6 heavy (non-hydrogen) atoms. The molecule has 34 valence electrons. The molecule has 2 heteroatoms. The molecule has 1 aliphatic rings. The second kappa shape index (κ2) is 3.37. The van der Waals surface area contributed by atoms with Crippen molar-refractivity contribution >= 4 is 24.0 Å². The fourth-order valence-corrected chi connectivity index (χ4v) is 2.73. The van der Waals surface area contributed by atoms with Gasteiger partial charge in [-0.05, 0) is 0 Å². The molecule has 0 N–H and O–H groups in total. The van der Waals surface area contributed by atoms with Crippen molar-refractivity contribution in [2.24, 2.45) is 0 Å². The summed E-state index contributed by atoms with van der Waals surface area (Å²) >= 11 is 0.125. The zero-order valence-electron chi connectivity index (χ0n) is 4.11. The molecule has 1 fully saturated rings. The van der Waals surface area contributed by atoms with Crippen LogP contribution in [0.5, 0.6) is 0 Å². The maximum atomic E-state index is 2.45. The SMILES string of the molecule is I.[CH3][Zn][CH]1CC1. The van der Waals surface area contributed by atoms with Gasteiger partial charge in [-0.25, -0.2) is 0 Å². The van der Waals surface area contributed by atoms with Gasteiger partial charge in [0.15, 0.2) is 0 Å². The summed E-state index contributed by atoms with van der Waals surface area (Å²) in [6.45, 7) is 0. The Morgan fingerprint density at radius 2 is 2.00 bits per heavy atom. The van der Waals surface area contributed by atoms with Crippen LogP contribution in [0.4, 0.5) is 0 Å². The van der Waals surface area contributed by atoms with Crippen molar-refractivity contribution in [2.75, 3.05) is 0 Å². The van der Waals surface area contributed by atoms with E-state index in [0.717, 1.165) is 0 Å². The van der Waals surface area contributed by atoms with Crippen molar-refractivity contribution in [3.8, 4) is 0 Å². The molecule has 0 nitrogen and oxygen atoms in total. The average molecular weight is 249 g/mol. The Morgan fingerprint density at radius 1 is 1.50 bits per heavy atom. The predicted molar refractivity (Wildman–Crippen MR) is 34.3 cm³/mol. The van der Waals surface area contributed by atoms with Crippen molar-refractivity contribution in [3.63, 3.8) is 0 Å². The van der Waals surface area contributed by atoms with Crippen LogP contribution in [0.15, 0.2) is 0 Å². The van der Waals surface area contributed by atoms with Gasteiger partial charge in [0, 0.05) is 0 Å². The molecular weight excluding hydrogens is 240 g/mol. The van der Waals surface area contributed by atoms with E-state index < -0.39 is 0 Å². The van der Waals surface area contributed by atoms with Gasteiger partial charge in [0.1, 0.15) is 0 Å². The fraction of sp³-hybridized carbons (Fsp3) is 1.00. The first-order valence-corrected chi connectivity index (χ1v) is 7.11. The molecule has 1 aliphatic carbocycles. The molecule has 0 spiro atoms. The Kier molecular flexibility index (Phi) is 4.13. The molecule has 0 unspecified atom stereocenters. The number of hydrogen-bond donors (Lipinski definition) is 0. The number of rotatable bonds is 1. The predicted octanol–water partition coefficient (Wildman–Crippen LogP) is 2.32. The van der Waals surface area contributed by atoms with Crippen LogP contribution in [0.1, 0.15) is 12.8 Å². The third kappa shape index (κ3) is 2.51. The third-order valence-electron chi connectivity index (χ3n) is 1.27. The van der Waals surface area contributed by atoms with Crippen molar-refractivity contribution in [3.05, 3.63) is 0 Å². The van der Waals surface area contributed by atoms with Gasteiger partial charge >= 0.3 is 40.0 Å². The van der Waals surface area contributed by atoms with E-state index in [1.807, 2.05) is 0 Å². The van der Waals surface area contributed by atoms with E-state index in [2.05, 4.69) is 5.52 Å². The standard InChI is InChI=1S/C3H5.CH3.HI.Zn/c1-2-3-1;;;/h1H,2-3H2;1H3;1H;. The van der Waals surface area contributed by atoms with E-state index in [1.54, 1.807) is 12.8 Å². The van der Waals surface area contributed by atoms with E-state index in [-0.39, 0.29) is 41.1 Å². The molecule has 0 radical (unpaired) electrons. The average Bonchev–Trinajstić information content (AvgIpc) is 2.12. The number of halogens is 1. The molecule has 1 saturated carbocycles. The van der Waals surface area contributed by atoms with Gasteiger partial charge in [-0.1, -0.05) is 0 Å². The van der Waals surface area contributed by atoms with Crippen molar-refractivity contribution in [1.82, 2.24) is 0 Å². The molecule has 0 bridgehead atoms. The Hall–Kier alpha value is 1.35. The zero-order chi connectivity index (χ0) is 3.70. The Balaban J connectivity index is 0.000000250. The van der Waals surface area contributed by atoms with E-state index in [1.165, 1.54) is 4.51 Å². The number of hydrogen-bond acceptors (Lipinski definition) is 0. The molecule has 0 aromatic carbocycles. The summed E-state index contributed by atoms with van der Waals surface area (Å²) in [6, 6.07) is 0. The second-order valence-corrected chi connectivity index (χ2v) is 5.99. The molecule has 0 aromatic heterocycles. The van der Waals surface area contributed by atoms with E-state index in [9.17, 15) is 0 Å². The summed E-state index contributed by atoms with van der Waals surface area (Å²) < 4.78 is 1.32. The first-order chi connectivity index (χ1) is 2.43. The van der Waals surface area contributed by atoms with Crippen LogP contribution < -0.4 is 0 Å². The van der Waals surface area contributed by atoms with Crippen molar-refractivity contribution < 1.29 is 17.1 Å². The van der Waals surface area contributed by atoms with Gasteiger partial charge in [-0.3, -0.25) is 0 Å². The molecule has 0 saturated heterocycles. The van der Waals surface area contributed by atoms with Crippen LogP contribution in [0, 0.1) is 0 Å². The van der Waals surface area contributed by atoms with E-state index in [0.29, 0.717) is 0 Å². The summed E-state index contributed by atoms with van der Waals surface area (Å²) in [4.78, 5) is 0. The van der Waals surface area contributed by atoms with Crippen LogP contribution in [0.2, 0.25) is 10.0 Å². The van der Waals surface area contributed by atoms with Crippen molar-refractivity contribution in [1.29, 1.82) is 0 Å². The first kappa shape index (κ1) is 7.35. The molecule has 0 aliphatic heterocycles. The van der Waals surface area contributed by atoms with Crippen LogP contribution in [0.25, 0.3) is 0 Å². The van der Waals surface area contributed by atoms with Gasteiger partial charge in [-0.15, -0.1) is 24.0 Å². The van der Waals surface area contributed by atoms with Crippen LogP contribution in [-0.2, 0) is 17.1 Å². The zero-order valence-corrected chi connectivity index (χ0v) is 9.40. The van der Waals surface area contributed by atoms with E-state index >= 15 is 0 Å². The third-order valence-corrected chi connectivity index (χ3v) is 5.41. The fourth-order valence-electron chi connectivity index (χ4n) is 0.526. The van der Waals surface area contributed by atoms with Crippen LogP contribution >= 0.6 is 24.0 Å². The Bertz CT molecular complexity index is 34.5. The molecular formula is C4H9IZn. The van der Waals surface area contributed by atoms with Gasteiger partial charge < -0.3 is 0 Å². The molecule has 0 aromatic rings. The Labute approximate surface area is 63.7 Å². The minimum absolute atomic E-state index is 0. The summed E-state index contributed by atoms with van der Waals surface area (Å²) in [7, 11) is 0. The minimum atomic E-state index is 0. The van der Waals surface area contributed by atoms with Gasteiger partial charge in [-0.2, -0.15) is 0 Å². The molecule has 0 atom stereocenters. The topological polar surface area (TPSA) is 0 Å².